The second-order valence-corrected chi connectivity index (χ2v) is 6.94. The first-order chi connectivity index (χ1) is 10.0. The number of rotatable bonds is 3. The zero-order valence-electron chi connectivity index (χ0n) is 13.7. The predicted molar refractivity (Wildman–Crippen MR) is 88.8 cm³/mol. The number of imidazole rings is 1. The van der Waals surface area contributed by atoms with Gasteiger partial charge in [-0.25, -0.2) is 4.98 Å². The van der Waals surface area contributed by atoms with Gasteiger partial charge in [-0.1, -0.05) is 19.9 Å². The largest absolute Gasteiger partial charge is 0.328 e. The van der Waals surface area contributed by atoms with Crippen molar-refractivity contribution in [1.82, 2.24) is 14.9 Å². The van der Waals surface area contributed by atoms with Crippen LogP contribution in [0.25, 0.3) is 11.0 Å². The van der Waals surface area contributed by atoms with Gasteiger partial charge in [0.15, 0.2) is 0 Å². The van der Waals surface area contributed by atoms with Crippen molar-refractivity contribution in [3.63, 3.8) is 0 Å². The SMILES string of the molecule is CCn1c(C(C)(C)C2CCCNC2)nc2cc(C)ccc21. The van der Waals surface area contributed by atoms with Gasteiger partial charge in [0.05, 0.1) is 11.0 Å². The van der Waals surface area contributed by atoms with Gasteiger partial charge >= 0.3 is 0 Å². The second-order valence-electron chi connectivity index (χ2n) is 6.94. The van der Waals surface area contributed by atoms with Crippen molar-refractivity contribution in [2.24, 2.45) is 5.92 Å². The summed E-state index contributed by atoms with van der Waals surface area (Å²) in [5, 5.41) is 3.55. The highest BCUT2D eigenvalue weighted by Gasteiger charge is 2.36. The van der Waals surface area contributed by atoms with Crippen LogP contribution in [-0.2, 0) is 12.0 Å². The molecule has 0 spiro atoms. The number of hydrogen-bond acceptors (Lipinski definition) is 2. The van der Waals surface area contributed by atoms with Gasteiger partial charge in [0.2, 0.25) is 0 Å². The normalized spacial score (nSPS) is 20.1. The smallest absolute Gasteiger partial charge is 0.115 e. The molecule has 1 atom stereocenters. The molecule has 114 valence electrons. The first-order valence-electron chi connectivity index (χ1n) is 8.22. The van der Waals surface area contributed by atoms with Crippen LogP contribution in [0.3, 0.4) is 0 Å². The Morgan fingerprint density at radius 3 is 2.86 bits per heavy atom. The van der Waals surface area contributed by atoms with Gasteiger partial charge in [0.1, 0.15) is 5.82 Å². The summed E-state index contributed by atoms with van der Waals surface area (Å²) >= 11 is 0. The lowest BCUT2D eigenvalue weighted by Gasteiger charge is -2.37. The molecule has 2 heterocycles. The average Bonchev–Trinajstić information content (AvgIpc) is 2.86. The Morgan fingerprint density at radius 2 is 2.19 bits per heavy atom. The molecule has 0 amide bonds. The average molecular weight is 285 g/mol. The maximum atomic E-state index is 5.03. The number of nitrogens with zero attached hydrogens (tertiary/aromatic N) is 2. The van der Waals surface area contributed by atoms with Gasteiger partial charge in [-0.3, -0.25) is 0 Å². The number of hydrogen-bond donors (Lipinski definition) is 1. The molecule has 0 saturated carbocycles. The van der Waals surface area contributed by atoms with Crippen LogP contribution in [-0.4, -0.2) is 22.6 Å². The summed E-state index contributed by atoms with van der Waals surface area (Å²) in [6.45, 7) is 12.4. The van der Waals surface area contributed by atoms with Crippen LogP contribution in [0.1, 0.15) is 45.0 Å². The summed E-state index contributed by atoms with van der Waals surface area (Å²) in [4.78, 5) is 5.03. The maximum Gasteiger partial charge on any atom is 0.115 e. The van der Waals surface area contributed by atoms with Crippen molar-refractivity contribution in [3.05, 3.63) is 29.6 Å². The molecule has 1 aliphatic heterocycles. The molecule has 1 aromatic heterocycles. The van der Waals surface area contributed by atoms with Crippen molar-refractivity contribution in [2.75, 3.05) is 13.1 Å². The minimum Gasteiger partial charge on any atom is -0.328 e. The van der Waals surface area contributed by atoms with E-state index in [9.17, 15) is 0 Å². The fraction of sp³-hybridized carbons (Fsp3) is 0.611. The number of piperidine rings is 1. The van der Waals surface area contributed by atoms with Gasteiger partial charge in [-0.2, -0.15) is 0 Å². The van der Waals surface area contributed by atoms with Gasteiger partial charge in [-0.05, 0) is 63.4 Å². The lowest BCUT2D eigenvalue weighted by Crippen LogP contribution is -2.42. The Labute approximate surface area is 127 Å². The molecule has 1 fully saturated rings. The highest BCUT2D eigenvalue weighted by Crippen LogP contribution is 2.36. The van der Waals surface area contributed by atoms with Gasteiger partial charge in [0, 0.05) is 12.0 Å². The van der Waals surface area contributed by atoms with Crippen LogP contribution >= 0.6 is 0 Å². The number of benzene rings is 1. The van der Waals surface area contributed by atoms with Crippen molar-refractivity contribution >= 4 is 11.0 Å². The molecule has 3 rings (SSSR count). The fourth-order valence-corrected chi connectivity index (χ4v) is 3.70. The van der Waals surface area contributed by atoms with E-state index in [2.05, 4.69) is 55.8 Å². The third-order valence-electron chi connectivity index (χ3n) is 5.11. The lowest BCUT2D eigenvalue weighted by atomic mass is 9.74. The first-order valence-corrected chi connectivity index (χ1v) is 8.22. The summed E-state index contributed by atoms with van der Waals surface area (Å²) in [6, 6.07) is 6.62. The van der Waals surface area contributed by atoms with E-state index in [1.54, 1.807) is 0 Å². The van der Waals surface area contributed by atoms with E-state index in [1.165, 1.54) is 29.7 Å². The Morgan fingerprint density at radius 1 is 1.38 bits per heavy atom. The topological polar surface area (TPSA) is 29.9 Å². The molecular formula is C18H27N3. The van der Waals surface area contributed by atoms with E-state index >= 15 is 0 Å². The van der Waals surface area contributed by atoms with Crippen molar-refractivity contribution < 1.29 is 0 Å². The fourth-order valence-electron chi connectivity index (χ4n) is 3.70. The van der Waals surface area contributed by atoms with E-state index < -0.39 is 0 Å². The van der Waals surface area contributed by atoms with Crippen molar-refractivity contribution in [2.45, 2.75) is 52.5 Å². The third-order valence-corrected chi connectivity index (χ3v) is 5.11. The molecule has 1 N–H and O–H groups in total. The van der Waals surface area contributed by atoms with Crippen LogP contribution in [0.4, 0.5) is 0 Å². The van der Waals surface area contributed by atoms with E-state index in [1.807, 2.05) is 0 Å². The molecule has 1 saturated heterocycles. The van der Waals surface area contributed by atoms with E-state index in [0.29, 0.717) is 5.92 Å². The van der Waals surface area contributed by atoms with Crippen LogP contribution in [0, 0.1) is 12.8 Å². The summed E-state index contributed by atoms with van der Waals surface area (Å²) < 4.78 is 2.41. The molecular weight excluding hydrogens is 258 g/mol. The summed E-state index contributed by atoms with van der Waals surface area (Å²) in [5.74, 6) is 1.91. The Bertz CT molecular complexity index is 633. The zero-order chi connectivity index (χ0) is 15.0. The summed E-state index contributed by atoms with van der Waals surface area (Å²) in [6.07, 6.45) is 2.57. The Hall–Kier alpha value is -1.35. The maximum absolute atomic E-state index is 5.03. The minimum absolute atomic E-state index is 0.107. The van der Waals surface area contributed by atoms with Gasteiger partial charge < -0.3 is 9.88 Å². The molecule has 1 aromatic carbocycles. The van der Waals surface area contributed by atoms with E-state index in [4.69, 9.17) is 4.98 Å². The summed E-state index contributed by atoms with van der Waals surface area (Å²) in [7, 11) is 0. The number of aryl methyl sites for hydroxylation is 2. The molecule has 21 heavy (non-hydrogen) atoms. The zero-order valence-corrected chi connectivity index (χ0v) is 13.7. The van der Waals surface area contributed by atoms with E-state index in [-0.39, 0.29) is 5.41 Å². The molecule has 3 heteroatoms. The number of nitrogens with one attached hydrogen (secondary N) is 1. The predicted octanol–water partition coefficient (Wildman–Crippen LogP) is 3.64. The third kappa shape index (κ3) is 2.48. The summed E-state index contributed by atoms with van der Waals surface area (Å²) in [5.41, 5.74) is 3.81. The molecule has 2 aromatic rings. The van der Waals surface area contributed by atoms with Crippen LogP contribution < -0.4 is 5.32 Å². The monoisotopic (exact) mass is 285 g/mol. The number of fused-ring (bicyclic) bond motifs is 1. The quantitative estimate of drug-likeness (QED) is 0.933. The highest BCUT2D eigenvalue weighted by atomic mass is 15.1. The van der Waals surface area contributed by atoms with Crippen LogP contribution in [0.2, 0.25) is 0 Å². The molecule has 1 unspecified atom stereocenters. The van der Waals surface area contributed by atoms with E-state index in [0.717, 1.165) is 25.2 Å². The molecule has 1 aliphatic rings. The van der Waals surface area contributed by atoms with Crippen molar-refractivity contribution in [3.8, 4) is 0 Å². The number of aromatic nitrogens is 2. The van der Waals surface area contributed by atoms with Crippen molar-refractivity contribution in [1.29, 1.82) is 0 Å². The first kappa shape index (κ1) is 14.6. The molecule has 0 bridgehead atoms. The highest BCUT2D eigenvalue weighted by molar-refractivity contribution is 5.77. The standard InChI is InChI=1S/C18H27N3/c1-5-21-16-9-8-13(2)11-15(16)20-17(21)18(3,4)14-7-6-10-19-12-14/h8-9,11,14,19H,5-7,10,12H2,1-4H3. The second kappa shape index (κ2) is 5.45. The molecule has 3 nitrogen and oxygen atoms in total. The lowest BCUT2D eigenvalue weighted by molar-refractivity contribution is 0.237. The molecule has 0 aliphatic carbocycles. The Kier molecular flexibility index (Phi) is 3.78. The van der Waals surface area contributed by atoms with Gasteiger partial charge in [0.25, 0.3) is 0 Å². The van der Waals surface area contributed by atoms with Gasteiger partial charge in [-0.15, -0.1) is 0 Å². The minimum atomic E-state index is 0.107. The molecule has 0 radical (unpaired) electrons. The van der Waals surface area contributed by atoms with Crippen LogP contribution in [0.5, 0.6) is 0 Å². The van der Waals surface area contributed by atoms with Crippen LogP contribution in [0.15, 0.2) is 18.2 Å². The Balaban J connectivity index is 2.09.